The molecule has 0 spiro atoms. The molecule has 0 saturated heterocycles. The zero-order chi connectivity index (χ0) is 29.4. The SMILES string of the molecule is CCCCCCCCCCCCOc1cc(Sc2ccc(O)c(OCCCCCCCCCCCC)c2)ccc1O. The van der Waals surface area contributed by atoms with Crippen LogP contribution >= 0.6 is 11.8 Å². The molecule has 41 heavy (non-hydrogen) atoms. The van der Waals surface area contributed by atoms with Crippen molar-refractivity contribution in [2.45, 2.75) is 152 Å². The normalized spacial score (nSPS) is 11.2. The lowest BCUT2D eigenvalue weighted by Crippen LogP contribution is -1.98. The Morgan fingerprint density at radius 3 is 1.12 bits per heavy atom. The number of rotatable bonds is 26. The number of phenolic OH excluding ortho intramolecular Hbond substituents is 2. The van der Waals surface area contributed by atoms with Crippen molar-refractivity contribution in [3.05, 3.63) is 36.4 Å². The molecule has 0 heterocycles. The van der Waals surface area contributed by atoms with Gasteiger partial charge in [-0.15, -0.1) is 0 Å². The second-order valence-electron chi connectivity index (χ2n) is 11.4. The Morgan fingerprint density at radius 1 is 0.463 bits per heavy atom. The third-order valence-corrected chi connectivity index (χ3v) is 8.59. The molecule has 0 fully saturated rings. The molecule has 0 aromatic heterocycles. The summed E-state index contributed by atoms with van der Waals surface area (Å²) in [6.45, 7) is 5.76. The minimum Gasteiger partial charge on any atom is -0.504 e. The first-order valence-corrected chi connectivity index (χ1v) is 17.5. The second-order valence-corrected chi connectivity index (χ2v) is 12.6. The highest BCUT2D eigenvalue weighted by Crippen LogP contribution is 2.38. The van der Waals surface area contributed by atoms with Crippen molar-refractivity contribution in [3.63, 3.8) is 0 Å². The fraction of sp³-hybridized carbons (Fsp3) is 0.667. The van der Waals surface area contributed by atoms with Crippen LogP contribution in [-0.2, 0) is 0 Å². The summed E-state index contributed by atoms with van der Waals surface area (Å²) in [4.78, 5) is 1.96. The highest BCUT2D eigenvalue weighted by molar-refractivity contribution is 7.99. The van der Waals surface area contributed by atoms with Crippen molar-refractivity contribution in [2.75, 3.05) is 13.2 Å². The van der Waals surface area contributed by atoms with Crippen molar-refractivity contribution in [2.24, 2.45) is 0 Å². The summed E-state index contributed by atoms with van der Waals surface area (Å²) in [6, 6.07) is 11.0. The Kier molecular flexibility index (Phi) is 20.2. The van der Waals surface area contributed by atoms with Gasteiger partial charge in [-0.1, -0.05) is 141 Å². The fourth-order valence-corrected chi connectivity index (χ4v) is 5.90. The van der Waals surface area contributed by atoms with Gasteiger partial charge in [-0.2, -0.15) is 0 Å². The molecule has 4 nitrogen and oxygen atoms in total. The molecule has 2 N–H and O–H groups in total. The lowest BCUT2D eigenvalue weighted by molar-refractivity contribution is 0.288. The van der Waals surface area contributed by atoms with Crippen LogP contribution in [0.25, 0.3) is 0 Å². The van der Waals surface area contributed by atoms with E-state index in [9.17, 15) is 10.2 Å². The Morgan fingerprint density at radius 2 is 0.780 bits per heavy atom. The van der Waals surface area contributed by atoms with E-state index in [0.717, 1.165) is 22.6 Å². The third kappa shape index (κ3) is 16.9. The molecule has 0 aliphatic carbocycles. The molecule has 0 aliphatic rings. The van der Waals surface area contributed by atoms with Gasteiger partial charge in [0.1, 0.15) is 0 Å². The van der Waals surface area contributed by atoms with Crippen LogP contribution < -0.4 is 9.47 Å². The van der Waals surface area contributed by atoms with Crippen LogP contribution in [0.15, 0.2) is 46.2 Å². The smallest absolute Gasteiger partial charge is 0.162 e. The first-order valence-electron chi connectivity index (χ1n) is 16.7. The summed E-state index contributed by atoms with van der Waals surface area (Å²) >= 11 is 1.57. The number of benzene rings is 2. The van der Waals surface area contributed by atoms with E-state index in [2.05, 4.69) is 13.8 Å². The van der Waals surface area contributed by atoms with Gasteiger partial charge in [0.15, 0.2) is 23.0 Å². The monoisotopic (exact) mass is 586 g/mol. The molecule has 232 valence electrons. The van der Waals surface area contributed by atoms with Crippen molar-refractivity contribution < 1.29 is 19.7 Å². The molecule has 0 aliphatic heterocycles. The van der Waals surface area contributed by atoms with Gasteiger partial charge in [-0.25, -0.2) is 0 Å². The van der Waals surface area contributed by atoms with Crippen LogP contribution in [0.5, 0.6) is 23.0 Å². The van der Waals surface area contributed by atoms with Crippen LogP contribution in [0.1, 0.15) is 142 Å². The zero-order valence-corrected chi connectivity index (χ0v) is 27.0. The first kappa shape index (κ1) is 35.2. The third-order valence-electron chi connectivity index (χ3n) is 7.61. The standard InChI is InChI=1S/C36H58O4S/c1-3-5-7-9-11-13-15-17-19-21-27-39-35-29-31(23-25-33(35)37)41-32-24-26-34(38)36(30-32)40-28-22-20-18-16-14-12-10-8-6-4-2/h23-26,29-30,37-38H,3-22,27-28H2,1-2H3. The van der Waals surface area contributed by atoms with E-state index < -0.39 is 0 Å². The molecular formula is C36H58O4S. The van der Waals surface area contributed by atoms with Gasteiger partial charge < -0.3 is 19.7 Å². The average Bonchev–Trinajstić information content (AvgIpc) is 2.97. The Bertz CT molecular complexity index is 843. The fourth-order valence-electron chi connectivity index (χ4n) is 5.03. The number of unbranched alkanes of at least 4 members (excludes halogenated alkanes) is 18. The summed E-state index contributed by atoms with van der Waals surface area (Å²) in [5.74, 6) is 1.41. The van der Waals surface area contributed by atoms with E-state index in [1.165, 1.54) is 116 Å². The lowest BCUT2D eigenvalue weighted by Gasteiger charge is -2.12. The summed E-state index contributed by atoms with van der Waals surface area (Å²) in [7, 11) is 0. The molecular weight excluding hydrogens is 528 g/mol. The molecule has 2 rings (SSSR count). The maximum atomic E-state index is 10.3. The number of hydrogen-bond acceptors (Lipinski definition) is 5. The van der Waals surface area contributed by atoms with E-state index in [4.69, 9.17) is 9.47 Å². The molecule has 0 unspecified atom stereocenters. The summed E-state index contributed by atoms with van der Waals surface area (Å²) in [5, 5.41) is 20.6. The number of phenols is 2. The van der Waals surface area contributed by atoms with Gasteiger partial charge in [-0.3, -0.25) is 0 Å². The molecule has 0 radical (unpaired) electrons. The lowest BCUT2D eigenvalue weighted by atomic mass is 10.1. The molecule has 5 heteroatoms. The first-order chi connectivity index (χ1) is 20.1. The van der Waals surface area contributed by atoms with Crippen LogP contribution in [0.4, 0.5) is 0 Å². The number of hydrogen-bond donors (Lipinski definition) is 2. The number of aromatic hydroxyl groups is 2. The molecule has 2 aromatic rings. The minimum atomic E-state index is 0.174. The largest absolute Gasteiger partial charge is 0.504 e. The summed E-state index contributed by atoms with van der Waals surface area (Å²) < 4.78 is 11.8. The van der Waals surface area contributed by atoms with E-state index in [1.54, 1.807) is 23.9 Å². The molecule has 0 saturated carbocycles. The van der Waals surface area contributed by atoms with E-state index in [0.29, 0.717) is 24.7 Å². The van der Waals surface area contributed by atoms with Crippen LogP contribution in [0, 0.1) is 0 Å². The van der Waals surface area contributed by atoms with Gasteiger partial charge in [0.2, 0.25) is 0 Å². The van der Waals surface area contributed by atoms with E-state index in [-0.39, 0.29) is 11.5 Å². The highest BCUT2D eigenvalue weighted by Gasteiger charge is 2.09. The van der Waals surface area contributed by atoms with Gasteiger partial charge in [0.25, 0.3) is 0 Å². The highest BCUT2D eigenvalue weighted by atomic mass is 32.2. The minimum absolute atomic E-state index is 0.174. The van der Waals surface area contributed by atoms with Crippen molar-refractivity contribution in [1.82, 2.24) is 0 Å². The summed E-state index contributed by atoms with van der Waals surface area (Å²) in [5.41, 5.74) is 0. The van der Waals surface area contributed by atoms with Gasteiger partial charge in [0.05, 0.1) is 13.2 Å². The Hall–Kier alpha value is -2.01. The predicted molar refractivity (Wildman–Crippen MR) is 175 cm³/mol. The quantitative estimate of drug-likeness (QED) is 0.107. The molecule has 0 amide bonds. The van der Waals surface area contributed by atoms with Crippen LogP contribution in [-0.4, -0.2) is 23.4 Å². The average molecular weight is 587 g/mol. The van der Waals surface area contributed by atoms with Crippen LogP contribution in [0.3, 0.4) is 0 Å². The maximum Gasteiger partial charge on any atom is 0.162 e. The zero-order valence-electron chi connectivity index (χ0n) is 26.1. The van der Waals surface area contributed by atoms with E-state index in [1.807, 2.05) is 24.3 Å². The summed E-state index contributed by atoms with van der Waals surface area (Å²) in [6.07, 6.45) is 25.7. The molecule has 2 aromatic carbocycles. The van der Waals surface area contributed by atoms with E-state index >= 15 is 0 Å². The van der Waals surface area contributed by atoms with Gasteiger partial charge >= 0.3 is 0 Å². The Balaban J connectivity index is 1.65. The molecule has 0 atom stereocenters. The topological polar surface area (TPSA) is 58.9 Å². The van der Waals surface area contributed by atoms with Crippen molar-refractivity contribution in [3.8, 4) is 23.0 Å². The Labute approximate surface area is 255 Å². The van der Waals surface area contributed by atoms with Gasteiger partial charge in [0, 0.05) is 9.79 Å². The van der Waals surface area contributed by atoms with Crippen molar-refractivity contribution >= 4 is 11.8 Å². The molecule has 0 bridgehead atoms. The predicted octanol–water partition coefficient (Wildman–Crippen LogP) is 11.8. The van der Waals surface area contributed by atoms with Crippen LogP contribution in [0.2, 0.25) is 0 Å². The maximum absolute atomic E-state index is 10.3. The van der Waals surface area contributed by atoms with Crippen molar-refractivity contribution in [1.29, 1.82) is 0 Å². The second kappa shape index (κ2) is 23.5. The van der Waals surface area contributed by atoms with Gasteiger partial charge in [-0.05, 0) is 49.2 Å². The number of ether oxygens (including phenoxy) is 2.